The van der Waals surface area contributed by atoms with E-state index in [-0.39, 0.29) is 21.5 Å². The highest BCUT2D eigenvalue weighted by Gasteiger charge is 2.27. The lowest BCUT2D eigenvalue weighted by Crippen LogP contribution is -2.05. The minimum absolute atomic E-state index is 0.0559. The summed E-state index contributed by atoms with van der Waals surface area (Å²) in [6.45, 7) is 1.45. The maximum atomic E-state index is 14.0. The number of esters is 1. The number of ether oxygens (including phenoxy) is 1. The van der Waals surface area contributed by atoms with Crippen LogP contribution in [-0.4, -0.2) is 18.2 Å². The number of hydrogen-bond acceptors (Lipinski definition) is 4. The summed E-state index contributed by atoms with van der Waals surface area (Å²) in [5, 5.41) is 3.54. The summed E-state index contributed by atoms with van der Waals surface area (Å²) in [6.07, 6.45) is 0. The summed E-state index contributed by atoms with van der Waals surface area (Å²) in [6, 6.07) is 2.28. The van der Waals surface area contributed by atoms with Crippen LogP contribution in [0.25, 0.3) is 11.3 Å². The van der Waals surface area contributed by atoms with Gasteiger partial charge in [0.2, 0.25) is 0 Å². The average Bonchev–Trinajstić information content (AvgIpc) is 2.75. The third-order valence-corrected chi connectivity index (χ3v) is 3.15. The lowest BCUT2D eigenvalue weighted by molar-refractivity contribution is 0.0599. The topological polar surface area (TPSA) is 52.3 Å². The summed E-state index contributed by atoms with van der Waals surface area (Å²) in [7, 11) is 1.16. The molecule has 0 atom stereocenters. The molecule has 7 heteroatoms. The van der Waals surface area contributed by atoms with Crippen LogP contribution in [0.4, 0.5) is 8.78 Å². The molecule has 0 unspecified atom stereocenters. The predicted octanol–water partition coefficient (Wildman–Crippen LogP) is 3.48. The van der Waals surface area contributed by atoms with E-state index in [0.29, 0.717) is 0 Å². The first kappa shape index (κ1) is 13.7. The molecule has 0 aliphatic carbocycles. The highest BCUT2D eigenvalue weighted by molar-refractivity contribution is 9.10. The van der Waals surface area contributed by atoms with Gasteiger partial charge in [-0.25, -0.2) is 13.6 Å². The lowest BCUT2D eigenvalue weighted by Gasteiger charge is -2.05. The standard InChI is InChI=1S/C12H8BrF2NO3/c1-5-8(12(17)18-2)11(16-19-5)9-7(14)4-3-6(13)10(9)15/h3-4H,1-2H3. The van der Waals surface area contributed by atoms with Crippen LogP contribution in [-0.2, 0) is 4.74 Å². The number of carbonyl (C=O) groups is 1. The van der Waals surface area contributed by atoms with Gasteiger partial charge in [-0.15, -0.1) is 0 Å². The normalized spacial score (nSPS) is 10.6. The van der Waals surface area contributed by atoms with Gasteiger partial charge >= 0.3 is 5.97 Å². The largest absolute Gasteiger partial charge is 0.465 e. The molecule has 100 valence electrons. The Morgan fingerprint density at radius 3 is 2.74 bits per heavy atom. The Bertz CT molecular complexity index is 655. The second kappa shape index (κ2) is 5.08. The molecule has 1 aromatic heterocycles. The van der Waals surface area contributed by atoms with Gasteiger partial charge in [-0.1, -0.05) is 5.16 Å². The number of benzene rings is 1. The van der Waals surface area contributed by atoms with E-state index in [1.807, 2.05) is 0 Å². The summed E-state index contributed by atoms with van der Waals surface area (Å²) < 4.78 is 37.2. The number of nitrogens with zero attached hydrogens (tertiary/aromatic N) is 1. The molecule has 0 aliphatic heterocycles. The fourth-order valence-electron chi connectivity index (χ4n) is 1.63. The highest BCUT2D eigenvalue weighted by atomic mass is 79.9. The molecule has 2 rings (SSSR count). The van der Waals surface area contributed by atoms with E-state index in [1.54, 1.807) is 0 Å². The zero-order valence-electron chi connectivity index (χ0n) is 9.96. The van der Waals surface area contributed by atoms with E-state index in [4.69, 9.17) is 4.52 Å². The van der Waals surface area contributed by atoms with Crippen LogP contribution in [0.5, 0.6) is 0 Å². The van der Waals surface area contributed by atoms with E-state index < -0.39 is 23.2 Å². The van der Waals surface area contributed by atoms with Crippen molar-refractivity contribution < 1.29 is 22.8 Å². The Morgan fingerprint density at radius 2 is 2.11 bits per heavy atom. The molecule has 0 aliphatic rings. The fraction of sp³-hybridized carbons (Fsp3) is 0.167. The second-order valence-electron chi connectivity index (χ2n) is 3.67. The molecule has 4 nitrogen and oxygen atoms in total. The monoisotopic (exact) mass is 331 g/mol. The summed E-state index contributed by atoms with van der Waals surface area (Å²) in [4.78, 5) is 11.6. The molecule has 0 bridgehead atoms. The summed E-state index contributed by atoms with van der Waals surface area (Å²) in [5.74, 6) is -2.36. The van der Waals surface area contributed by atoms with E-state index >= 15 is 0 Å². The minimum atomic E-state index is -0.863. The molecule has 1 heterocycles. The number of carbonyl (C=O) groups excluding carboxylic acids is 1. The van der Waals surface area contributed by atoms with Crippen molar-refractivity contribution in [2.45, 2.75) is 6.92 Å². The SMILES string of the molecule is COC(=O)c1c(-c2c(F)ccc(Br)c2F)noc1C. The Labute approximate surface area is 115 Å². The van der Waals surface area contributed by atoms with Crippen molar-refractivity contribution in [3.8, 4) is 11.3 Å². The molecule has 0 saturated carbocycles. The molecule has 2 aromatic rings. The quantitative estimate of drug-likeness (QED) is 0.624. The van der Waals surface area contributed by atoms with Crippen LogP contribution < -0.4 is 0 Å². The smallest absolute Gasteiger partial charge is 0.343 e. The first-order valence-electron chi connectivity index (χ1n) is 5.15. The van der Waals surface area contributed by atoms with Crippen molar-refractivity contribution in [3.05, 3.63) is 39.6 Å². The summed E-state index contributed by atoms with van der Waals surface area (Å²) in [5.41, 5.74) is -0.759. The van der Waals surface area contributed by atoms with Gasteiger partial charge in [-0.2, -0.15) is 0 Å². The van der Waals surface area contributed by atoms with Crippen molar-refractivity contribution in [1.82, 2.24) is 5.16 Å². The van der Waals surface area contributed by atoms with Gasteiger partial charge in [0.25, 0.3) is 0 Å². The Morgan fingerprint density at radius 1 is 1.42 bits per heavy atom. The number of methoxy groups -OCH3 is 1. The van der Waals surface area contributed by atoms with E-state index in [0.717, 1.165) is 13.2 Å². The van der Waals surface area contributed by atoms with E-state index in [1.165, 1.54) is 13.0 Å². The molecular weight excluding hydrogens is 324 g/mol. The molecular formula is C12H8BrF2NO3. The number of halogens is 3. The van der Waals surface area contributed by atoms with Crippen molar-refractivity contribution in [3.63, 3.8) is 0 Å². The van der Waals surface area contributed by atoms with Crippen molar-refractivity contribution in [2.75, 3.05) is 7.11 Å². The van der Waals surface area contributed by atoms with Crippen LogP contribution in [0.1, 0.15) is 16.1 Å². The molecule has 0 N–H and O–H groups in total. The molecule has 0 saturated heterocycles. The Balaban J connectivity index is 2.74. The predicted molar refractivity (Wildman–Crippen MR) is 65.6 cm³/mol. The number of aryl methyl sites for hydroxylation is 1. The van der Waals surface area contributed by atoms with Crippen LogP contribution in [0, 0.1) is 18.6 Å². The van der Waals surface area contributed by atoms with Crippen LogP contribution in [0.3, 0.4) is 0 Å². The van der Waals surface area contributed by atoms with Gasteiger partial charge in [0.15, 0.2) is 0 Å². The maximum absolute atomic E-state index is 14.0. The van der Waals surface area contributed by atoms with Crippen molar-refractivity contribution >= 4 is 21.9 Å². The van der Waals surface area contributed by atoms with Crippen molar-refractivity contribution in [2.24, 2.45) is 0 Å². The minimum Gasteiger partial charge on any atom is -0.465 e. The van der Waals surface area contributed by atoms with Crippen LogP contribution in [0.2, 0.25) is 0 Å². The number of aromatic nitrogens is 1. The van der Waals surface area contributed by atoms with Crippen molar-refractivity contribution in [1.29, 1.82) is 0 Å². The van der Waals surface area contributed by atoms with E-state index in [9.17, 15) is 13.6 Å². The third kappa shape index (κ3) is 2.25. The molecule has 1 aromatic carbocycles. The van der Waals surface area contributed by atoms with E-state index in [2.05, 4.69) is 25.8 Å². The molecule has 0 amide bonds. The zero-order chi connectivity index (χ0) is 14.2. The summed E-state index contributed by atoms with van der Waals surface area (Å²) >= 11 is 2.95. The van der Waals surface area contributed by atoms with Gasteiger partial charge < -0.3 is 9.26 Å². The molecule has 0 radical (unpaired) electrons. The number of rotatable bonds is 2. The van der Waals surface area contributed by atoms with Gasteiger partial charge in [0.05, 0.1) is 17.1 Å². The average molecular weight is 332 g/mol. The second-order valence-corrected chi connectivity index (χ2v) is 4.53. The van der Waals surface area contributed by atoms with Crippen LogP contribution >= 0.6 is 15.9 Å². The maximum Gasteiger partial charge on any atom is 0.343 e. The number of hydrogen-bond donors (Lipinski definition) is 0. The lowest BCUT2D eigenvalue weighted by atomic mass is 10.1. The zero-order valence-corrected chi connectivity index (χ0v) is 11.5. The fourth-order valence-corrected chi connectivity index (χ4v) is 1.96. The first-order valence-corrected chi connectivity index (χ1v) is 5.95. The van der Waals surface area contributed by atoms with Gasteiger partial charge in [-0.05, 0) is 35.0 Å². The molecule has 0 spiro atoms. The Kier molecular flexibility index (Phi) is 3.66. The Hall–Kier alpha value is -1.76. The molecule has 0 fully saturated rings. The van der Waals surface area contributed by atoms with Gasteiger partial charge in [0, 0.05) is 0 Å². The highest BCUT2D eigenvalue weighted by Crippen LogP contribution is 2.33. The molecule has 19 heavy (non-hydrogen) atoms. The van der Waals surface area contributed by atoms with Gasteiger partial charge in [0.1, 0.15) is 28.7 Å². The van der Waals surface area contributed by atoms with Crippen LogP contribution in [0.15, 0.2) is 21.1 Å². The first-order chi connectivity index (χ1) is 8.97. The third-order valence-electron chi connectivity index (χ3n) is 2.53. The van der Waals surface area contributed by atoms with Gasteiger partial charge in [-0.3, -0.25) is 0 Å².